The van der Waals surface area contributed by atoms with Crippen molar-refractivity contribution < 1.29 is 8.42 Å². The van der Waals surface area contributed by atoms with Crippen LogP contribution in [0.15, 0.2) is 0 Å². The second-order valence-corrected chi connectivity index (χ2v) is 3.57. The Balaban J connectivity index is 0.000000354. The Hall–Kier alpha value is -0.220. The van der Waals surface area contributed by atoms with E-state index < -0.39 is 11.6 Å². The molecule has 4 heteroatoms. The van der Waals surface area contributed by atoms with Gasteiger partial charge in [0.15, 0.2) is 0 Å². The average molecular weight is 191 g/mol. The standard InChI is InChI=1S/C8H17N.O2S/c1-7-2-4-8(6-9)5-3-7;1-3-2/h7-8H,2-6,9H2,1H3;. The molecular formula is C8H17NO2S. The summed E-state index contributed by atoms with van der Waals surface area (Å²) in [7, 11) is 0. The average Bonchev–Trinajstić information content (AvgIpc) is 2.07. The van der Waals surface area contributed by atoms with Gasteiger partial charge in [0, 0.05) is 0 Å². The van der Waals surface area contributed by atoms with Gasteiger partial charge in [-0.1, -0.05) is 19.8 Å². The molecule has 0 aliphatic heterocycles. The van der Waals surface area contributed by atoms with Crippen LogP contribution in [-0.4, -0.2) is 15.0 Å². The van der Waals surface area contributed by atoms with Crippen LogP contribution in [0.5, 0.6) is 0 Å². The van der Waals surface area contributed by atoms with Crippen LogP contribution in [0.4, 0.5) is 0 Å². The number of hydrogen-bond donors (Lipinski definition) is 1. The van der Waals surface area contributed by atoms with Crippen molar-refractivity contribution in [1.29, 1.82) is 0 Å². The molecule has 0 heterocycles. The Morgan fingerprint density at radius 3 is 2.00 bits per heavy atom. The van der Waals surface area contributed by atoms with Crippen molar-refractivity contribution in [3.8, 4) is 0 Å². The van der Waals surface area contributed by atoms with Crippen LogP contribution >= 0.6 is 0 Å². The zero-order valence-electron chi connectivity index (χ0n) is 7.49. The van der Waals surface area contributed by atoms with Crippen molar-refractivity contribution in [2.24, 2.45) is 17.6 Å². The van der Waals surface area contributed by atoms with E-state index in [4.69, 9.17) is 14.2 Å². The molecule has 0 amide bonds. The van der Waals surface area contributed by atoms with E-state index >= 15 is 0 Å². The zero-order chi connectivity index (χ0) is 9.40. The molecule has 1 aliphatic carbocycles. The fourth-order valence-electron chi connectivity index (χ4n) is 1.56. The largest absolute Gasteiger partial charge is 0.335 e. The molecule has 72 valence electrons. The monoisotopic (exact) mass is 191 g/mol. The van der Waals surface area contributed by atoms with Crippen molar-refractivity contribution in [1.82, 2.24) is 0 Å². The molecule has 0 aromatic carbocycles. The van der Waals surface area contributed by atoms with Gasteiger partial charge in [-0.25, -0.2) is 0 Å². The van der Waals surface area contributed by atoms with Gasteiger partial charge < -0.3 is 5.73 Å². The number of hydrogen-bond acceptors (Lipinski definition) is 3. The first-order chi connectivity index (χ1) is 5.74. The smallest absolute Gasteiger partial charge is 0.330 e. The van der Waals surface area contributed by atoms with Crippen LogP contribution in [0.3, 0.4) is 0 Å². The second kappa shape index (κ2) is 7.43. The van der Waals surface area contributed by atoms with Gasteiger partial charge in [-0.05, 0) is 31.2 Å². The molecule has 0 spiro atoms. The van der Waals surface area contributed by atoms with E-state index in [1.54, 1.807) is 0 Å². The third kappa shape index (κ3) is 5.43. The van der Waals surface area contributed by atoms with E-state index in [0.29, 0.717) is 0 Å². The molecule has 0 radical (unpaired) electrons. The third-order valence-corrected chi connectivity index (χ3v) is 2.47. The maximum Gasteiger partial charge on any atom is 0.335 e. The van der Waals surface area contributed by atoms with Crippen LogP contribution in [0.2, 0.25) is 0 Å². The molecule has 0 saturated heterocycles. The van der Waals surface area contributed by atoms with Crippen LogP contribution in [-0.2, 0) is 11.6 Å². The van der Waals surface area contributed by atoms with Crippen LogP contribution in [0, 0.1) is 11.8 Å². The highest BCUT2D eigenvalue weighted by molar-refractivity contribution is 7.51. The van der Waals surface area contributed by atoms with Gasteiger partial charge in [0.1, 0.15) is 0 Å². The highest BCUT2D eigenvalue weighted by Crippen LogP contribution is 2.26. The van der Waals surface area contributed by atoms with E-state index in [1.807, 2.05) is 0 Å². The van der Waals surface area contributed by atoms with Crippen LogP contribution in [0.1, 0.15) is 32.6 Å². The summed E-state index contributed by atoms with van der Waals surface area (Å²) in [5.41, 5.74) is 5.55. The van der Waals surface area contributed by atoms with E-state index in [-0.39, 0.29) is 0 Å². The van der Waals surface area contributed by atoms with Crippen molar-refractivity contribution >= 4 is 11.6 Å². The first kappa shape index (κ1) is 11.8. The Morgan fingerprint density at radius 2 is 1.67 bits per heavy atom. The van der Waals surface area contributed by atoms with E-state index in [9.17, 15) is 0 Å². The molecule has 0 bridgehead atoms. The van der Waals surface area contributed by atoms with Gasteiger partial charge in [-0.3, -0.25) is 0 Å². The van der Waals surface area contributed by atoms with Crippen LogP contribution in [0.25, 0.3) is 0 Å². The SMILES string of the molecule is CC1CCC(CN)CC1.O=S=O. The maximum atomic E-state index is 8.29. The van der Waals surface area contributed by atoms with E-state index in [0.717, 1.165) is 18.4 Å². The van der Waals surface area contributed by atoms with Crippen molar-refractivity contribution in [3.05, 3.63) is 0 Å². The zero-order valence-corrected chi connectivity index (χ0v) is 8.31. The van der Waals surface area contributed by atoms with Gasteiger partial charge in [0.25, 0.3) is 0 Å². The summed E-state index contributed by atoms with van der Waals surface area (Å²) in [5.74, 6) is 1.81. The highest BCUT2D eigenvalue weighted by atomic mass is 32.1. The summed E-state index contributed by atoms with van der Waals surface area (Å²) in [6.45, 7) is 3.25. The Labute approximate surface area is 77.3 Å². The summed E-state index contributed by atoms with van der Waals surface area (Å²) >= 11 is -0.750. The number of nitrogens with two attached hydrogens (primary N) is 1. The lowest BCUT2D eigenvalue weighted by atomic mass is 9.83. The minimum absolute atomic E-state index is 0.750. The lowest BCUT2D eigenvalue weighted by Gasteiger charge is -2.24. The summed E-state index contributed by atoms with van der Waals surface area (Å²) in [4.78, 5) is 0. The molecule has 3 nitrogen and oxygen atoms in total. The minimum Gasteiger partial charge on any atom is -0.330 e. The lowest BCUT2D eigenvalue weighted by molar-refractivity contribution is 0.296. The lowest BCUT2D eigenvalue weighted by Crippen LogP contribution is -2.20. The molecule has 12 heavy (non-hydrogen) atoms. The third-order valence-electron chi connectivity index (χ3n) is 2.47. The Bertz CT molecular complexity index is 138. The molecule has 1 aliphatic rings. The molecule has 1 fully saturated rings. The van der Waals surface area contributed by atoms with Gasteiger partial charge in [-0.2, -0.15) is 8.42 Å². The van der Waals surface area contributed by atoms with Gasteiger partial charge in [-0.15, -0.1) is 0 Å². The highest BCUT2D eigenvalue weighted by Gasteiger charge is 2.15. The van der Waals surface area contributed by atoms with Gasteiger partial charge in [0.2, 0.25) is 0 Å². The van der Waals surface area contributed by atoms with Gasteiger partial charge in [0.05, 0.1) is 0 Å². The quantitative estimate of drug-likeness (QED) is 0.675. The topological polar surface area (TPSA) is 60.2 Å². The van der Waals surface area contributed by atoms with Crippen molar-refractivity contribution in [2.45, 2.75) is 32.6 Å². The molecule has 1 rings (SSSR count). The van der Waals surface area contributed by atoms with E-state index in [1.165, 1.54) is 25.7 Å². The Morgan fingerprint density at radius 1 is 1.25 bits per heavy atom. The molecule has 1 saturated carbocycles. The first-order valence-electron chi connectivity index (χ1n) is 4.36. The summed E-state index contributed by atoms with van der Waals surface area (Å²) < 4.78 is 16.6. The second-order valence-electron chi connectivity index (χ2n) is 3.43. The molecule has 0 aromatic rings. The maximum absolute atomic E-state index is 8.29. The molecular weight excluding hydrogens is 174 g/mol. The van der Waals surface area contributed by atoms with Crippen molar-refractivity contribution in [2.75, 3.05) is 6.54 Å². The molecule has 2 N–H and O–H groups in total. The van der Waals surface area contributed by atoms with Crippen molar-refractivity contribution in [3.63, 3.8) is 0 Å². The van der Waals surface area contributed by atoms with E-state index in [2.05, 4.69) is 6.92 Å². The predicted molar refractivity (Wildman–Crippen MR) is 49.1 cm³/mol. The first-order valence-corrected chi connectivity index (χ1v) is 5.03. The molecule has 0 unspecified atom stereocenters. The summed E-state index contributed by atoms with van der Waals surface area (Å²) in [6, 6.07) is 0. The van der Waals surface area contributed by atoms with Crippen LogP contribution < -0.4 is 5.73 Å². The molecule has 0 atom stereocenters. The summed E-state index contributed by atoms with van der Waals surface area (Å²) in [6.07, 6.45) is 5.55. The Kier molecular flexibility index (Phi) is 7.29. The fraction of sp³-hybridized carbons (Fsp3) is 1.00. The number of rotatable bonds is 1. The molecule has 0 aromatic heterocycles. The normalized spacial score (nSPS) is 28.5. The fourth-order valence-corrected chi connectivity index (χ4v) is 1.56. The minimum atomic E-state index is -0.750. The predicted octanol–water partition coefficient (Wildman–Crippen LogP) is 1.10. The summed E-state index contributed by atoms with van der Waals surface area (Å²) in [5, 5.41) is 0. The van der Waals surface area contributed by atoms with Gasteiger partial charge >= 0.3 is 11.6 Å².